The molecule has 2 aromatic carbocycles. The van der Waals surface area contributed by atoms with Gasteiger partial charge in [0.1, 0.15) is 11.5 Å². The molecule has 0 saturated heterocycles. The summed E-state index contributed by atoms with van der Waals surface area (Å²) in [6, 6.07) is 20.1. The van der Waals surface area contributed by atoms with Gasteiger partial charge in [-0.1, -0.05) is 68.4 Å². The summed E-state index contributed by atoms with van der Waals surface area (Å²) >= 11 is 0. The molecule has 1 aliphatic rings. The highest BCUT2D eigenvalue weighted by Crippen LogP contribution is 2.42. The summed E-state index contributed by atoms with van der Waals surface area (Å²) in [5, 5.41) is 10.7. The monoisotopic (exact) mass is 388 g/mol. The van der Waals surface area contributed by atoms with Crippen LogP contribution in [0.5, 0.6) is 5.75 Å². The first kappa shape index (κ1) is 19.5. The third kappa shape index (κ3) is 4.45. The minimum Gasteiger partial charge on any atom is -0.507 e. The fourth-order valence-corrected chi connectivity index (χ4v) is 3.91. The first-order valence-electron chi connectivity index (χ1n) is 10.4. The molecule has 1 N–H and O–H groups in total. The summed E-state index contributed by atoms with van der Waals surface area (Å²) in [6.45, 7) is 4.10. The number of hydrogen-bond acceptors (Lipinski definition) is 3. The topological polar surface area (TPSA) is 50.4 Å². The molecule has 1 aliphatic carbocycles. The first-order valence-corrected chi connectivity index (χ1v) is 10.4. The maximum atomic E-state index is 12.8. The summed E-state index contributed by atoms with van der Waals surface area (Å²) < 4.78 is 5.72. The van der Waals surface area contributed by atoms with Crippen molar-refractivity contribution in [2.24, 2.45) is 0 Å². The minimum atomic E-state index is -0.432. The lowest BCUT2D eigenvalue weighted by Crippen LogP contribution is -2.22. The predicted octanol–water partition coefficient (Wildman–Crippen LogP) is 5.72. The van der Waals surface area contributed by atoms with Crippen LogP contribution >= 0.6 is 0 Å². The van der Waals surface area contributed by atoms with Crippen LogP contribution in [0, 0.1) is 0 Å². The van der Waals surface area contributed by atoms with Crippen molar-refractivity contribution in [2.75, 3.05) is 0 Å². The third-order valence-corrected chi connectivity index (χ3v) is 6.01. The van der Waals surface area contributed by atoms with Crippen LogP contribution in [0.1, 0.15) is 67.0 Å². The number of aromatic hydroxyl groups is 1. The fraction of sp³-hybridized carbons (Fsp3) is 0.346. The largest absolute Gasteiger partial charge is 0.507 e. The van der Waals surface area contributed by atoms with Crippen LogP contribution in [0.25, 0.3) is 0 Å². The normalized spacial score (nSPS) is 14.1. The zero-order valence-electron chi connectivity index (χ0n) is 17.2. The van der Waals surface area contributed by atoms with Gasteiger partial charge in [0.05, 0.1) is 5.56 Å². The van der Waals surface area contributed by atoms with E-state index in [-0.39, 0.29) is 11.2 Å². The average Bonchev–Trinajstić information content (AvgIpc) is 3.55. The summed E-state index contributed by atoms with van der Waals surface area (Å²) in [7, 11) is 0. The van der Waals surface area contributed by atoms with Crippen molar-refractivity contribution < 1.29 is 9.52 Å². The van der Waals surface area contributed by atoms with Crippen LogP contribution in [-0.4, -0.2) is 5.11 Å². The van der Waals surface area contributed by atoms with Crippen molar-refractivity contribution in [3.63, 3.8) is 0 Å². The van der Waals surface area contributed by atoms with Gasteiger partial charge >= 0.3 is 5.63 Å². The highest BCUT2D eigenvalue weighted by atomic mass is 16.4. The first-order chi connectivity index (χ1) is 13.9. The maximum absolute atomic E-state index is 12.8. The average molecular weight is 389 g/mol. The minimum absolute atomic E-state index is 0.0367. The lowest BCUT2D eigenvalue weighted by molar-refractivity contribution is 0.329. The molecule has 1 saturated carbocycles. The molecule has 4 rings (SSSR count). The molecule has 29 heavy (non-hydrogen) atoms. The summed E-state index contributed by atoms with van der Waals surface area (Å²) in [6.07, 6.45) is 4.52. The molecule has 0 atom stereocenters. The molecule has 3 aromatic rings. The third-order valence-electron chi connectivity index (χ3n) is 6.01. The molecule has 1 fully saturated rings. The van der Waals surface area contributed by atoms with E-state index in [0.29, 0.717) is 23.7 Å². The van der Waals surface area contributed by atoms with Crippen LogP contribution in [-0.2, 0) is 18.3 Å². The van der Waals surface area contributed by atoms with E-state index in [1.165, 1.54) is 24.0 Å². The molecule has 0 radical (unpaired) electrons. The van der Waals surface area contributed by atoms with Gasteiger partial charge in [0.25, 0.3) is 0 Å². The molecule has 0 aliphatic heterocycles. The van der Waals surface area contributed by atoms with Crippen molar-refractivity contribution in [3.8, 4) is 5.75 Å². The van der Waals surface area contributed by atoms with Crippen LogP contribution < -0.4 is 5.63 Å². The Bertz CT molecular complexity index is 1040. The van der Waals surface area contributed by atoms with Gasteiger partial charge in [-0.25, -0.2) is 4.79 Å². The Morgan fingerprint density at radius 1 is 1.03 bits per heavy atom. The second kappa shape index (κ2) is 7.90. The van der Waals surface area contributed by atoms with Crippen LogP contribution in [0.4, 0.5) is 0 Å². The summed E-state index contributed by atoms with van der Waals surface area (Å²) in [5.41, 5.74) is 3.21. The van der Waals surface area contributed by atoms with Gasteiger partial charge in [-0.15, -0.1) is 0 Å². The Balaban J connectivity index is 1.56. The Hall–Kier alpha value is -2.81. The fourth-order valence-electron chi connectivity index (χ4n) is 3.91. The standard InChI is InChI=1S/C26H28O3/c1-26(2,15-14-18-8-4-3-5-9-18)24-17-23(27)22(25(28)29-24)16-20-10-6-7-11-21(20)19-12-13-19/h3-11,17,19,27H,12-16H2,1-2H3. The molecular formula is C26H28O3. The molecule has 0 amide bonds. The highest BCUT2D eigenvalue weighted by molar-refractivity contribution is 5.41. The molecule has 0 unspecified atom stereocenters. The summed E-state index contributed by atoms with van der Waals surface area (Å²) in [5.74, 6) is 1.17. The van der Waals surface area contributed by atoms with Gasteiger partial charge in [-0.3, -0.25) is 0 Å². The van der Waals surface area contributed by atoms with E-state index in [0.717, 1.165) is 18.4 Å². The Morgan fingerprint density at radius 2 is 1.72 bits per heavy atom. The lowest BCUT2D eigenvalue weighted by atomic mass is 9.83. The second-order valence-corrected chi connectivity index (χ2v) is 8.78. The molecule has 1 aromatic heterocycles. The van der Waals surface area contributed by atoms with Crippen LogP contribution in [0.3, 0.4) is 0 Å². The van der Waals surface area contributed by atoms with Gasteiger partial charge in [0, 0.05) is 17.9 Å². The quantitative estimate of drug-likeness (QED) is 0.563. The molecule has 150 valence electrons. The van der Waals surface area contributed by atoms with E-state index in [1.54, 1.807) is 6.07 Å². The van der Waals surface area contributed by atoms with Crippen molar-refractivity contribution in [3.05, 3.63) is 99.1 Å². The predicted molar refractivity (Wildman–Crippen MR) is 116 cm³/mol. The van der Waals surface area contributed by atoms with Crippen molar-refractivity contribution in [2.45, 2.75) is 57.3 Å². The Morgan fingerprint density at radius 3 is 2.41 bits per heavy atom. The molecule has 3 nitrogen and oxygen atoms in total. The number of aryl methyl sites for hydroxylation is 1. The van der Waals surface area contributed by atoms with Gasteiger partial charge in [-0.05, 0) is 48.3 Å². The van der Waals surface area contributed by atoms with E-state index in [4.69, 9.17) is 4.42 Å². The van der Waals surface area contributed by atoms with Crippen molar-refractivity contribution >= 4 is 0 Å². The molecule has 0 bridgehead atoms. The zero-order valence-corrected chi connectivity index (χ0v) is 17.2. The van der Waals surface area contributed by atoms with Gasteiger partial charge in [0.2, 0.25) is 0 Å². The van der Waals surface area contributed by atoms with E-state index < -0.39 is 5.63 Å². The number of hydrogen-bond donors (Lipinski definition) is 1. The Kier molecular flexibility index (Phi) is 5.31. The van der Waals surface area contributed by atoms with Crippen molar-refractivity contribution in [1.82, 2.24) is 0 Å². The molecule has 0 spiro atoms. The number of rotatable bonds is 7. The highest BCUT2D eigenvalue weighted by Gasteiger charge is 2.28. The molecule has 1 heterocycles. The zero-order chi connectivity index (χ0) is 20.4. The van der Waals surface area contributed by atoms with Gasteiger partial charge in [-0.2, -0.15) is 0 Å². The van der Waals surface area contributed by atoms with Gasteiger partial charge in [0.15, 0.2) is 0 Å². The SMILES string of the molecule is CC(C)(CCc1ccccc1)c1cc(O)c(Cc2ccccc2C2CC2)c(=O)o1. The molecular weight excluding hydrogens is 360 g/mol. The van der Waals surface area contributed by atoms with E-state index in [2.05, 4.69) is 32.0 Å². The number of benzene rings is 2. The lowest BCUT2D eigenvalue weighted by Gasteiger charge is -2.23. The van der Waals surface area contributed by atoms with Crippen LogP contribution in [0.15, 0.2) is 69.9 Å². The summed E-state index contributed by atoms with van der Waals surface area (Å²) in [4.78, 5) is 12.8. The maximum Gasteiger partial charge on any atom is 0.343 e. The smallest absolute Gasteiger partial charge is 0.343 e. The molecule has 3 heteroatoms. The second-order valence-electron chi connectivity index (χ2n) is 8.78. The Labute approximate surface area is 172 Å². The van der Waals surface area contributed by atoms with Crippen LogP contribution in [0.2, 0.25) is 0 Å². The van der Waals surface area contributed by atoms with Crippen molar-refractivity contribution in [1.29, 1.82) is 0 Å². The van der Waals surface area contributed by atoms with Gasteiger partial charge < -0.3 is 9.52 Å². The van der Waals surface area contributed by atoms with E-state index in [9.17, 15) is 9.90 Å². The van der Waals surface area contributed by atoms with E-state index >= 15 is 0 Å². The van der Waals surface area contributed by atoms with E-state index in [1.807, 2.05) is 36.4 Å².